The minimum atomic E-state index is 0. The fourth-order valence-corrected chi connectivity index (χ4v) is 1.84. The number of hydrogen-bond donors (Lipinski definition) is 0. The van der Waals surface area contributed by atoms with E-state index in [4.69, 9.17) is 0 Å². The third kappa shape index (κ3) is 13.9. The molecule has 5 heteroatoms. The van der Waals surface area contributed by atoms with Crippen LogP contribution in [0.4, 0.5) is 0 Å². The largest absolute Gasteiger partial charge is 2.00 e. The van der Waals surface area contributed by atoms with Crippen LogP contribution in [0.2, 0.25) is 0 Å². The molecule has 134 valence electrons. The second kappa shape index (κ2) is 15.3. The van der Waals surface area contributed by atoms with Crippen LogP contribution in [0.3, 0.4) is 0 Å². The zero-order valence-electron chi connectivity index (χ0n) is 14.9. The van der Waals surface area contributed by atoms with E-state index < -0.39 is 0 Å². The van der Waals surface area contributed by atoms with Gasteiger partial charge in [0.25, 0.3) is 0 Å². The van der Waals surface area contributed by atoms with Crippen molar-refractivity contribution >= 4 is 49.6 Å². The fourth-order valence-electron chi connectivity index (χ4n) is 1.84. The van der Waals surface area contributed by atoms with E-state index in [0.717, 1.165) is 12.8 Å². The van der Waals surface area contributed by atoms with Crippen molar-refractivity contribution in [3.05, 3.63) is 47.6 Å². The first-order chi connectivity index (χ1) is 8.21. The molecule has 0 atom stereocenters. The Morgan fingerprint density at radius 1 is 0.652 bits per heavy atom. The second-order valence-electron chi connectivity index (χ2n) is 6.89. The van der Waals surface area contributed by atoms with Gasteiger partial charge in [0.05, 0.1) is 0 Å². The molecule has 0 radical (unpaired) electrons. The second-order valence-corrected chi connectivity index (χ2v) is 6.89. The van der Waals surface area contributed by atoms with Crippen molar-refractivity contribution in [2.45, 2.75) is 54.4 Å². The summed E-state index contributed by atoms with van der Waals surface area (Å²) in [5.74, 6) is 0. The van der Waals surface area contributed by atoms with Crippen LogP contribution in [0, 0.1) is 23.0 Å². The predicted octanol–water partition coefficient (Wildman–Crippen LogP) is 7.13. The summed E-state index contributed by atoms with van der Waals surface area (Å²) in [5, 5.41) is 0. The van der Waals surface area contributed by atoms with Gasteiger partial charge in [-0.2, -0.15) is 12.2 Å². The van der Waals surface area contributed by atoms with Crippen LogP contribution in [-0.4, -0.2) is 0 Å². The average molecular weight is 479 g/mol. The minimum Gasteiger partial charge on any atom is -0.269 e. The van der Waals surface area contributed by atoms with Crippen molar-refractivity contribution in [2.24, 2.45) is 10.8 Å². The quantitative estimate of drug-likeness (QED) is 0.324. The molecule has 0 amide bonds. The van der Waals surface area contributed by atoms with Gasteiger partial charge in [0.1, 0.15) is 0 Å². The zero-order chi connectivity index (χ0) is 13.8. The van der Waals surface area contributed by atoms with Crippen LogP contribution in [0.5, 0.6) is 0 Å². The van der Waals surface area contributed by atoms with Crippen LogP contribution < -0.4 is 0 Å². The van der Waals surface area contributed by atoms with E-state index in [1.165, 1.54) is 11.1 Å². The summed E-state index contributed by atoms with van der Waals surface area (Å²) in [7, 11) is 0. The Labute approximate surface area is 187 Å². The fraction of sp³-hybridized carbons (Fsp3) is 0.556. The summed E-state index contributed by atoms with van der Waals surface area (Å²) in [5.41, 5.74) is 3.30. The smallest absolute Gasteiger partial charge is 0.269 e. The van der Waals surface area contributed by atoms with E-state index in [-0.39, 0.29) is 75.8 Å². The van der Waals surface area contributed by atoms with Gasteiger partial charge in [-0.1, -0.05) is 41.5 Å². The van der Waals surface area contributed by atoms with Gasteiger partial charge in [0.2, 0.25) is 0 Å². The van der Waals surface area contributed by atoms with Gasteiger partial charge in [-0.15, -0.1) is 62.5 Å². The third-order valence-corrected chi connectivity index (χ3v) is 3.01. The van der Waals surface area contributed by atoms with E-state index in [1.807, 2.05) is 0 Å². The SMILES string of the molecule is CC(C)(C)C1=[C-]CC=C1.CC(C)(C)C1=[C-]CC=C1.Cl.Cl.Cl.Cl.[Zr+2]. The molecule has 0 N–H and O–H groups in total. The number of allylic oxidation sites excluding steroid dienone is 8. The molecule has 0 aromatic carbocycles. The van der Waals surface area contributed by atoms with E-state index in [0.29, 0.717) is 10.8 Å². The molecule has 0 unspecified atom stereocenters. The van der Waals surface area contributed by atoms with Crippen LogP contribution in [0.1, 0.15) is 54.4 Å². The maximum atomic E-state index is 3.30. The van der Waals surface area contributed by atoms with Crippen molar-refractivity contribution in [3.8, 4) is 0 Å². The van der Waals surface area contributed by atoms with E-state index in [9.17, 15) is 0 Å². The van der Waals surface area contributed by atoms with E-state index in [2.05, 4.69) is 78.0 Å². The molecule has 23 heavy (non-hydrogen) atoms. The van der Waals surface area contributed by atoms with Crippen LogP contribution in [-0.2, 0) is 26.2 Å². The molecule has 0 fully saturated rings. The Morgan fingerprint density at radius 2 is 0.913 bits per heavy atom. The van der Waals surface area contributed by atoms with Crippen LogP contribution >= 0.6 is 49.6 Å². The van der Waals surface area contributed by atoms with Crippen molar-refractivity contribution in [2.75, 3.05) is 0 Å². The van der Waals surface area contributed by atoms with Gasteiger partial charge in [-0.05, 0) is 10.8 Å². The van der Waals surface area contributed by atoms with Gasteiger partial charge >= 0.3 is 26.2 Å². The Kier molecular flexibility index (Phi) is 23.4. The van der Waals surface area contributed by atoms with Gasteiger partial charge < -0.3 is 0 Å². The van der Waals surface area contributed by atoms with Gasteiger partial charge in [-0.3, -0.25) is 12.2 Å². The topological polar surface area (TPSA) is 0 Å². The monoisotopic (exact) mass is 476 g/mol. The molecule has 0 aromatic heterocycles. The zero-order valence-corrected chi connectivity index (χ0v) is 20.6. The summed E-state index contributed by atoms with van der Waals surface area (Å²) in [6.07, 6.45) is 17.3. The van der Waals surface area contributed by atoms with Crippen molar-refractivity contribution in [3.63, 3.8) is 0 Å². The molecule has 0 saturated heterocycles. The van der Waals surface area contributed by atoms with Crippen LogP contribution in [0.15, 0.2) is 35.5 Å². The third-order valence-electron chi connectivity index (χ3n) is 3.01. The summed E-state index contributed by atoms with van der Waals surface area (Å²) < 4.78 is 0. The predicted molar refractivity (Wildman–Crippen MR) is 109 cm³/mol. The Morgan fingerprint density at radius 3 is 1.00 bits per heavy atom. The molecule has 0 saturated carbocycles. The summed E-state index contributed by atoms with van der Waals surface area (Å²) in [4.78, 5) is 0. The first-order valence-corrected chi connectivity index (χ1v) is 6.77. The minimum absolute atomic E-state index is 0. The Hall–Kier alpha value is 1.00. The maximum absolute atomic E-state index is 3.30. The number of hydrogen-bond acceptors (Lipinski definition) is 0. The molecule has 2 rings (SSSR count). The normalized spacial score (nSPS) is 14.3. The van der Waals surface area contributed by atoms with E-state index >= 15 is 0 Å². The summed E-state index contributed by atoms with van der Waals surface area (Å²) >= 11 is 0. The van der Waals surface area contributed by atoms with Gasteiger partial charge in [-0.25, -0.2) is 23.3 Å². The average Bonchev–Trinajstić information content (AvgIpc) is 2.91. The van der Waals surface area contributed by atoms with Crippen molar-refractivity contribution in [1.82, 2.24) is 0 Å². The molecule has 2 aliphatic rings. The van der Waals surface area contributed by atoms with Crippen molar-refractivity contribution < 1.29 is 26.2 Å². The molecule has 0 aliphatic heterocycles. The first kappa shape index (κ1) is 35.2. The maximum Gasteiger partial charge on any atom is 2.00 e. The molecular formula is C18H30Cl4Zr. The summed E-state index contributed by atoms with van der Waals surface area (Å²) in [6.45, 7) is 13.3. The van der Waals surface area contributed by atoms with Crippen LogP contribution in [0.25, 0.3) is 0 Å². The molecule has 0 heterocycles. The van der Waals surface area contributed by atoms with Gasteiger partial charge in [0, 0.05) is 0 Å². The number of rotatable bonds is 0. The molecule has 0 aromatic rings. The molecule has 0 bridgehead atoms. The van der Waals surface area contributed by atoms with Gasteiger partial charge in [0.15, 0.2) is 0 Å². The molecular weight excluding hydrogens is 449 g/mol. The molecule has 2 aliphatic carbocycles. The first-order valence-electron chi connectivity index (χ1n) is 6.77. The summed E-state index contributed by atoms with van der Waals surface area (Å²) in [6, 6.07) is 0. The molecule has 0 spiro atoms. The Balaban J connectivity index is -0.0000000771. The van der Waals surface area contributed by atoms with Crippen molar-refractivity contribution in [1.29, 1.82) is 0 Å². The molecule has 0 nitrogen and oxygen atoms in total. The standard InChI is InChI=1S/2C9H13.4ClH.Zr/c2*1-9(2,3)8-6-4-5-7-8;;;;;/h2*4,6H,5H2,1-3H3;4*1H;/q2*-1;;;;;+2. The van der Waals surface area contributed by atoms with E-state index in [1.54, 1.807) is 0 Å². The number of halogens is 4. The Bertz CT molecular complexity index is 368.